The number of carbonyl (C=O) groups is 1. The quantitative estimate of drug-likeness (QED) is 0.741. The summed E-state index contributed by atoms with van der Waals surface area (Å²) in [6, 6.07) is 17.1. The molecule has 0 aliphatic carbocycles. The molecule has 1 aliphatic rings. The van der Waals surface area contributed by atoms with Gasteiger partial charge in [0, 0.05) is 45.0 Å². The van der Waals surface area contributed by atoms with Crippen LogP contribution < -0.4 is 5.32 Å². The van der Waals surface area contributed by atoms with Gasteiger partial charge in [0.15, 0.2) is 0 Å². The van der Waals surface area contributed by atoms with Gasteiger partial charge in [-0.15, -0.1) is 11.8 Å². The van der Waals surface area contributed by atoms with Crippen molar-refractivity contribution in [3.8, 4) is 0 Å². The van der Waals surface area contributed by atoms with Crippen molar-refractivity contribution in [3.05, 3.63) is 70.8 Å². The maximum Gasteiger partial charge on any atom is 0.230 e. The highest BCUT2D eigenvalue weighted by molar-refractivity contribution is 7.99. The molecular weight excluding hydrogens is 366 g/mol. The predicted octanol–water partition coefficient (Wildman–Crippen LogP) is 3.29. The fourth-order valence-corrected chi connectivity index (χ4v) is 4.12. The molecule has 1 fully saturated rings. The van der Waals surface area contributed by atoms with Crippen molar-refractivity contribution in [1.82, 2.24) is 15.1 Å². The van der Waals surface area contributed by atoms with E-state index in [0.717, 1.165) is 38.5 Å². The van der Waals surface area contributed by atoms with Gasteiger partial charge in [0.25, 0.3) is 0 Å². The minimum atomic E-state index is 0.0987. The summed E-state index contributed by atoms with van der Waals surface area (Å²) in [6.07, 6.45) is 0. The monoisotopic (exact) mass is 397 g/mol. The number of likely N-dealkylation sites (N-methyl/N-ethyl adjacent to an activating group) is 1. The van der Waals surface area contributed by atoms with Gasteiger partial charge in [0.05, 0.1) is 5.75 Å². The van der Waals surface area contributed by atoms with E-state index in [0.29, 0.717) is 12.3 Å². The molecule has 1 heterocycles. The number of hydrogen-bond donors (Lipinski definition) is 1. The first-order chi connectivity index (χ1) is 13.6. The highest BCUT2D eigenvalue weighted by atomic mass is 32.2. The zero-order valence-corrected chi connectivity index (χ0v) is 17.8. The van der Waals surface area contributed by atoms with Gasteiger partial charge in [-0.25, -0.2) is 0 Å². The second kappa shape index (κ2) is 10.6. The molecule has 3 rings (SSSR count). The van der Waals surface area contributed by atoms with Crippen LogP contribution in [0.4, 0.5) is 0 Å². The SMILES string of the molecule is Cc1ccc(CSCC(=O)NCc2cccc(CN3CCN(C)CC3)c2)cc1. The summed E-state index contributed by atoms with van der Waals surface area (Å²) in [7, 11) is 2.18. The summed E-state index contributed by atoms with van der Waals surface area (Å²) in [5, 5.41) is 3.05. The predicted molar refractivity (Wildman–Crippen MR) is 118 cm³/mol. The number of piperazine rings is 1. The lowest BCUT2D eigenvalue weighted by molar-refractivity contribution is -0.118. The number of carbonyl (C=O) groups excluding carboxylic acids is 1. The second-order valence-electron chi connectivity index (χ2n) is 7.65. The lowest BCUT2D eigenvalue weighted by atomic mass is 10.1. The molecule has 0 spiro atoms. The molecule has 0 atom stereocenters. The minimum absolute atomic E-state index is 0.0987. The van der Waals surface area contributed by atoms with Crippen LogP contribution in [-0.4, -0.2) is 54.7 Å². The van der Waals surface area contributed by atoms with E-state index in [-0.39, 0.29) is 5.91 Å². The zero-order chi connectivity index (χ0) is 19.8. The molecular formula is C23H31N3OS. The molecule has 4 nitrogen and oxygen atoms in total. The zero-order valence-electron chi connectivity index (χ0n) is 17.0. The Bertz CT molecular complexity index is 755. The lowest BCUT2D eigenvalue weighted by Gasteiger charge is -2.32. The van der Waals surface area contributed by atoms with Crippen LogP contribution >= 0.6 is 11.8 Å². The molecule has 150 valence electrons. The van der Waals surface area contributed by atoms with E-state index in [4.69, 9.17) is 0 Å². The Morgan fingerprint density at radius 3 is 2.46 bits per heavy atom. The van der Waals surface area contributed by atoms with Crippen molar-refractivity contribution < 1.29 is 4.79 Å². The molecule has 1 N–H and O–H groups in total. The minimum Gasteiger partial charge on any atom is -0.351 e. The van der Waals surface area contributed by atoms with Crippen LogP contribution in [0.25, 0.3) is 0 Å². The Balaban J connectivity index is 1.39. The van der Waals surface area contributed by atoms with E-state index in [1.165, 1.54) is 22.3 Å². The summed E-state index contributed by atoms with van der Waals surface area (Å²) in [5.41, 5.74) is 5.02. The maximum atomic E-state index is 12.1. The average molecular weight is 398 g/mol. The van der Waals surface area contributed by atoms with Crippen LogP contribution in [0.15, 0.2) is 48.5 Å². The Labute approximate surface area is 173 Å². The van der Waals surface area contributed by atoms with E-state index < -0.39 is 0 Å². The molecule has 5 heteroatoms. The van der Waals surface area contributed by atoms with Crippen molar-refractivity contribution in [3.63, 3.8) is 0 Å². The van der Waals surface area contributed by atoms with E-state index in [1.807, 2.05) is 0 Å². The highest BCUT2D eigenvalue weighted by Crippen LogP contribution is 2.13. The Morgan fingerprint density at radius 1 is 1.00 bits per heavy atom. The van der Waals surface area contributed by atoms with Crippen LogP contribution in [0, 0.1) is 6.92 Å². The van der Waals surface area contributed by atoms with E-state index in [1.54, 1.807) is 11.8 Å². The normalized spacial score (nSPS) is 15.5. The summed E-state index contributed by atoms with van der Waals surface area (Å²) < 4.78 is 0. The Kier molecular flexibility index (Phi) is 7.95. The molecule has 1 aliphatic heterocycles. The molecule has 0 aromatic heterocycles. The standard InChI is InChI=1S/C23H31N3OS/c1-19-6-8-20(9-7-19)17-28-18-23(27)24-15-21-4-3-5-22(14-21)16-26-12-10-25(2)11-13-26/h3-9,14H,10-13,15-18H2,1-2H3,(H,24,27). The van der Waals surface area contributed by atoms with Crippen molar-refractivity contribution in [2.45, 2.75) is 25.8 Å². The average Bonchev–Trinajstić information content (AvgIpc) is 2.70. The molecule has 0 saturated carbocycles. The summed E-state index contributed by atoms with van der Waals surface area (Å²) in [6.45, 7) is 8.18. The number of hydrogen-bond acceptors (Lipinski definition) is 4. The molecule has 28 heavy (non-hydrogen) atoms. The Morgan fingerprint density at radius 2 is 1.71 bits per heavy atom. The number of thioether (sulfide) groups is 1. The first kappa shape index (κ1) is 20.9. The molecule has 0 bridgehead atoms. The number of amides is 1. The Hall–Kier alpha value is -1.82. The number of benzene rings is 2. The van der Waals surface area contributed by atoms with E-state index in [9.17, 15) is 4.79 Å². The van der Waals surface area contributed by atoms with Gasteiger partial charge in [0.2, 0.25) is 5.91 Å². The van der Waals surface area contributed by atoms with Gasteiger partial charge in [-0.3, -0.25) is 9.69 Å². The van der Waals surface area contributed by atoms with E-state index in [2.05, 4.69) is 77.6 Å². The molecule has 0 radical (unpaired) electrons. The highest BCUT2D eigenvalue weighted by Gasteiger charge is 2.13. The van der Waals surface area contributed by atoms with Crippen LogP contribution in [0.5, 0.6) is 0 Å². The summed E-state index contributed by atoms with van der Waals surface area (Å²) in [5.74, 6) is 1.46. The third kappa shape index (κ3) is 6.97. The van der Waals surface area contributed by atoms with Crippen LogP contribution in [0.1, 0.15) is 22.3 Å². The summed E-state index contributed by atoms with van der Waals surface area (Å²) in [4.78, 5) is 17.0. The number of nitrogens with zero attached hydrogens (tertiary/aromatic N) is 2. The topological polar surface area (TPSA) is 35.6 Å². The number of rotatable bonds is 8. The van der Waals surface area contributed by atoms with Gasteiger partial charge in [-0.1, -0.05) is 54.1 Å². The van der Waals surface area contributed by atoms with Crippen molar-refractivity contribution in [2.75, 3.05) is 39.0 Å². The molecule has 0 unspecified atom stereocenters. The first-order valence-electron chi connectivity index (χ1n) is 9.97. The van der Waals surface area contributed by atoms with Crippen LogP contribution in [-0.2, 0) is 23.6 Å². The molecule has 2 aromatic carbocycles. The fourth-order valence-electron chi connectivity index (χ4n) is 3.30. The number of nitrogens with one attached hydrogen (secondary N) is 1. The molecule has 1 saturated heterocycles. The van der Waals surface area contributed by atoms with Crippen LogP contribution in [0.2, 0.25) is 0 Å². The second-order valence-corrected chi connectivity index (χ2v) is 8.64. The van der Waals surface area contributed by atoms with E-state index >= 15 is 0 Å². The molecule has 1 amide bonds. The van der Waals surface area contributed by atoms with Gasteiger partial charge >= 0.3 is 0 Å². The first-order valence-corrected chi connectivity index (χ1v) is 11.1. The van der Waals surface area contributed by atoms with Crippen molar-refractivity contribution >= 4 is 17.7 Å². The summed E-state index contributed by atoms with van der Waals surface area (Å²) >= 11 is 1.66. The smallest absolute Gasteiger partial charge is 0.230 e. The van der Waals surface area contributed by atoms with Gasteiger partial charge in [0.1, 0.15) is 0 Å². The maximum absolute atomic E-state index is 12.1. The van der Waals surface area contributed by atoms with Gasteiger partial charge in [-0.2, -0.15) is 0 Å². The van der Waals surface area contributed by atoms with Crippen molar-refractivity contribution in [2.24, 2.45) is 0 Å². The van der Waals surface area contributed by atoms with Gasteiger partial charge in [-0.05, 0) is 30.7 Å². The molecule has 2 aromatic rings. The third-order valence-electron chi connectivity index (χ3n) is 5.11. The van der Waals surface area contributed by atoms with Crippen molar-refractivity contribution in [1.29, 1.82) is 0 Å². The third-order valence-corrected chi connectivity index (χ3v) is 6.11. The lowest BCUT2D eigenvalue weighted by Crippen LogP contribution is -2.43. The van der Waals surface area contributed by atoms with Gasteiger partial charge < -0.3 is 10.2 Å². The van der Waals surface area contributed by atoms with Crippen LogP contribution in [0.3, 0.4) is 0 Å². The number of aryl methyl sites for hydroxylation is 1. The largest absolute Gasteiger partial charge is 0.351 e. The fraction of sp³-hybridized carbons (Fsp3) is 0.435.